The summed E-state index contributed by atoms with van der Waals surface area (Å²) in [7, 11) is 0. The number of alkyl halides is 2. The first-order chi connectivity index (χ1) is 14.2. The number of aromatic nitrogens is 1. The van der Waals surface area contributed by atoms with Gasteiger partial charge in [0.2, 0.25) is 0 Å². The van der Waals surface area contributed by atoms with Gasteiger partial charge in [-0.05, 0) is 55.2 Å². The molecule has 7 nitrogen and oxygen atoms in total. The quantitative estimate of drug-likeness (QED) is 0.440. The Morgan fingerprint density at radius 1 is 1.37 bits per heavy atom. The predicted octanol–water partition coefficient (Wildman–Crippen LogP) is 3.37. The van der Waals surface area contributed by atoms with Crippen LogP contribution in [0.2, 0.25) is 0 Å². The second-order valence-corrected chi connectivity index (χ2v) is 6.90. The van der Waals surface area contributed by atoms with Gasteiger partial charge in [0.25, 0.3) is 11.9 Å². The first-order valence-corrected chi connectivity index (χ1v) is 8.95. The van der Waals surface area contributed by atoms with Gasteiger partial charge in [0.15, 0.2) is 0 Å². The Balaban J connectivity index is 1.78. The number of aliphatic imine (C=N–C) groups is 1. The fourth-order valence-corrected chi connectivity index (χ4v) is 3.11. The van der Waals surface area contributed by atoms with E-state index in [0.717, 1.165) is 0 Å². The van der Waals surface area contributed by atoms with Gasteiger partial charge in [0, 0.05) is 17.8 Å². The van der Waals surface area contributed by atoms with Crippen molar-refractivity contribution in [1.29, 1.82) is 5.26 Å². The molecular formula is C20H18F3N5O2. The number of hydrogen-bond acceptors (Lipinski definition) is 5. The number of benzene rings is 1. The third-order valence-corrected chi connectivity index (χ3v) is 4.59. The van der Waals surface area contributed by atoms with Crippen LogP contribution in [-0.2, 0) is 4.74 Å². The Morgan fingerprint density at radius 3 is 2.73 bits per heavy atom. The second kappa shape index (κ2) is 8.41. The zero-order chi connectivity index (χ0) is 22.0. The van der Waals surface area contributed by atoms with Crippen molar-refractivity contribution in [1.82, 2.24) is 4.98 Å². The Morgan fingerprint density at radius 2 is 2.10 bits per heavy atom. The third-order valence-electron chi connectivity index (χ3n) is 4.59. The SMILES string of the molecule is Cc1cc(C#N)cnc1C(=O)Nc1cc(C)c(F)c([C@H]2C[C@H]2OC(N)=NC(F)F)c1. The van der Waals surface area contributed by atoms with Crippen molar-refractivity contribution in [2.24, 2.45) is 10.7 Å². The molecule has 0 unspecified atom stereocenters. The van der Waals surface area contributed by atoms with E-state index in [1.165, 1.54) is 18.3 Å². The first-order valence-electron chi connectivity index (χ1n) is 8.95. The number of nitrogens with one attached hydrogen (secondary N) is 1. The molecule has 0 bridgehead atoms. The number of nitriles is 1. The summed E-state index contributed by atoms with van der Waals surface area (Å²) in [6.07, 6.45) is 1.10. The molecule has 3 rings (SSSR count). The van der Waals surface area contributed by atoms with E-state index in [1.54, 1.807) is 19.9 Å². The van der Waals surface area contributed by atoms with Gasteiger partial charge in [-0.1, -0.05) is 0 Å². The van der Waals surface area contributed by atoms with E-state index in [4.69, 9.17) is 15.7 Å². The van der Waals surface area contributed by atoms with Crippen LogP contribution in [0.1, 0.15) is 45.1 Å². The van der Waals surface area contributed by atoms with E-state index in [9.17, 15) is 18.0 Å². The highest BCUT2D eigenvalue weighted by atomic mass is 19.3. The maximum atomic E-state index is 14.6. The highest BCUT2D eigenvalue weighted by molar-refractivity contribution is 6.04. The predicted molar refractivity (Wildman–Crippen MR) is 103 cm³/mol. The van der Waals surface area contributed by atoms with E-state index in [2.05, 4.69) is 15.3 Å². The minimum atomic E-state index is -2.99. The van der Waals surface area contributed by atoms with Crippen LogP contribution in [0.15, 0.2) is 29.4 Å². The van der Waals surface area contributed by atoms with Gasteiger partial charge in [-0.3, -0.25) is 4.79 Å². The maximum Gasteiger partial charge on any atom is 0.336 e. The summed E-state index contributed by atoms with van der Waals surface area (Å²) in [4.78, 5) is 19.4. The summed E-state index contributed by atoms with van der Waals surface area (Å²) in [6.45, 7) is 0.214. The molecule has 2 atom stereocenters. The molecule has 1 aliphatic rings. The lowest BCUT2D eigenvalue weighted by atomic mass is 10.0. The van der Waals surface area contributed by atoms with Gasteiger partial charge in [-0.25, -0.2) is 9.37 Å². The van der Waals surface area contributed by atoms with Crippen LogP contribution in [0.4, 0.5) is 18.9 Å². The average molecular weight is 417 g/mol. The van der Waals surface area contributed by atoms with Gasteiger partial charge in [-0.2, -0.15) is 19.0 Å². The van der Waals surface area contributed by atoms with Crippen LogP contribution >= 0.6 is 0 Å². The van der Waals surface area contributed by atoms with Crippen molar-refractivity contribution in [3.05, 3.63) is 58.2 Å². The molecule has 3 N–H and O–H groups in total. The fourth-order valence-electron chi connectivity index (χ4n) is 3.11. The highest BCUT2D eigenvalue weighted by Crippen LogP contribution is 2.45. The average Bonchev–Trinajstić information content (AvgIpc) is 3.42. The van der Waals surface area contributed by atoms with Crippen LogP contribution < -0.4 is 11.1 Å². The van der Waals surface area contributed by atoms with Gasteiger partial charge < -0.3 is 15.8 Å². The molecule has 1 saturated carbocycles. The molecule has 156 valence electrons. The second-order valence-electron chi connectivity index (χ2n) is 6.90. The van der Waals surface area contributed by atoms with Crippen molar-refractivity contribution >= 4 is 17.6 Å². The molecule has 10 heteroatoms. The molecule has 1 aromatic heterocycles. The van der Waals surface area contributed by atoms with Gasteiger partial charge >= 0.3 is 6.55 Å². The van der Waals surface area contributed by atoms with E-state index in [0.29, 0.717) is 28.8 Å². The topological polar surface area (TPSA) is 113 Å². The lowest BCUT2D eigenvalue weighted by Gasteiger charge is -2.12. The Bertz CT molecular complexity index is 1070. The van der Waals surface area contributed by atoms with Crippen molar-refractivity contribution in [2.45, 2.75) is 38.8 Å². The summed E-state index contributed by atoms with van der Waals surface area (Å²) in [5.74, 6) is -1.38. The Hall–Kier alpha value is -3.61. The van der Waals surface area contributed by atoms with Crippen molar-refractivity contribution in [2.75, 3.05) is 5.32 Å². The standard InChI is InChI=1S/C20H18F3N5O2/c1-9-4-12(27-18(29)17-10(2)3-11(7-24)8-26-17)5-14(16(9)21)13-6-15(13)30-20(25)28-19(22)23/h3-5,8,13,15,19H,6H2,1-2H3,(H2,25,28)(H,27,29)/t13-,15-/m1/s1. The minimum Gasteiger partial charge on any atom is -0.461 e. The molecule has 0 saturated heterocycles. The van der Waals surface area contributed by atoms with Crippen LogP contribution in [-0.4, -0.2) is 29.6 Å². The minimum absolute atomic E-state index is 0.140. The number of carbonyl (C=O) groups is 1. The summed E-state index contributed by atoms with van der Waals surface area (Å²) in [5, 5.41) is 11.6. The number of ether oxygens (including phenoxy) is 1. The molecule has 30 heavy (non-hydrogen) atoms. The largest absolute Gasteiger partial charge is 0.461 e. The number of aryl methyl sites for hydroxylation is 2. The number of amides is 1. The fraction of sp³-hybridized carbons (Fsp3) is 0.300. The van der Waals surface area contributed by atoms with Gasteiger partial charge in [0.1, 0.15) is 23.7 Å². The van der Waals surface area contributed by atoms with Gasteiger partial charge in [-0.15, -0.1) is 0 Å². The lowest BCUT2D eigenvalue weighted by molar-refractivity contribution is 0.102. The molecule has 2 aromatic rings. The van der Waals surface area contributed by atoms with E-state index < -0.39 is 36.3 Å². The Labute approximate surface area is 170 Å². The molecule has 0 aliphatic heterocycles. The molecular weight excluding hydrogens is 399 g/mol. The number of carbonyl (C=O) groups excluding carboxylic acids is 1. The normalized spacial score (nSPS) is 18.1. The third kappa shape index (κ3) is 4.68. The molecule has 1 fully saturated rings. The van der Waals surface area contributed by atoms with Crippen LogP contribution in [0.25, 0.3) is 0 Å². The molecule has 1 aliphatic carbocycles. The van der Waals surface area contributed by atoms with Gasteiger partial charge in [0.05, 0.1) is 5.56 Å². The van der Waals surface area contributed by atoms with Crippen molar-refractivity contribution < 1.29 is 22.7 Å². The Kier molecular flexibility index (Phi) is 5.91. The maximum absolute atomic E-state index is 14.6. The van der Waals surface area contributed by atoms with E-state index in [1.807, 2.05) is 6.07 Å². The molecule has 1 amide bonds. The summed E-state index contributed by atoms with van der Waals surface area (Å²) in [5.41, 5.74) is 7.21. The molecule has 0 radical (unpaired) electrons. The summed E-state index contributed by atoms with van der Waals surface area (Å²) < 4.78 is 44.1. The zero-order valence-electron chi connectivity index (χ0n) is 16.1. The number of nitrogens with zero attached hydrogens (tertiary/aromatic N) is 3. The molecule has 0 spiro atoms. The summed E-state index contributed by atoms with van der Waals surface area (Å²) in [6, 6.07) is 5.78. The zero-order valence-corrected chi connectivity index (χ0v) is 16.1. The highest BCUT2D eigenvalue weighted by Gasteiger charge is 2.43. The summed E-state index contributed by atoms with van der Waals surface area (Å²) >= 11 is 0. The van der Waals surface area contributed by atoms with Crippen LogP contribution in [0.3, 0.4) is 0 Å². The van der Waals surface area contributed by atoms with E-state index >= 15 is 0 Å². The first kappa shape index (κ1) is 21.1. The van der Waals surface area contributed by atoms with Crippen LogP contribution in [0.5, 0.6) is 0 Å². The monoisotopic (exact) mass is 417 g/mol. The van der Waals surface area contributed by atoms with E-state index in [-0.39, 0.29) is 11.3 Å². The van der Waals surface area contributed by atoms with Crippen LogP contribution in [0, 0.1) is 31.0 Å². The van der Waals surface area contributed by atoms with Crippen molar-refractivity contribution in [3.8, 4) is 6.07 Å². The number of halogens is 3. The smallest absolute Gasteiger partial charge is 0.336 e. The molecule has 1 aromatic carbocycles. The number of rotatable bonds is 5. The number of hydrogen-bond donors (Lipinski definition) is 2. The molecule has 1 heterocycles. The number of amidine groups is 1. The number of nitrogens with two attached hydrogens (primary N) is 1. The number of anilines is 1. The lowest BCUT2D eigenvalue weighted by Crippen LogP contribution is -2.19. The number of pyridine rings is 1. The van der Waals surface area contributed by atoms with Crippen molar-refractivity contribution in [3.63, 3.8) is 0 Å².